The van der Waals surface area contributed by atoms with Gasteiger partial charge in [0.25, 0.3) is 5.91 Å². The summed E-state index contributed by atoms with van der Waals surface area (Å²) in [4.78, 5) is 57.5. The molecule has 0 aliphatic carbocycles. The summed E-state index contributed by atoms with van der Waals surface area (Å²) in [6.45, 7) is 1.34. The Kier molecular flexibility index (Phi) is 8.67. The van der Waals surface area contributed by atoms with E-state index in [4.69, 9.17) is 9.72 Å². The first-order chi connectivity index (χ1) is 24.5. The van der Waals surface area contributed by atoms with Crippen molar-refractivity contribution in [3.05, 3.63) is 95.0 Å². The largest absolute Gasteiger partial charge is 0.453 e. The second kappa shape index (κ2) is 13.6. The fraction of sp³-hybridized carbons (Fsp3) is 0.270. The molecule has 3 amide bonds. The molecule has 6 heterocycles. The molecular formula is C37H35N7O4S2. The van der Waals surface area contributed by atoms with Crippen molar-refractivity contribution < 1.29 is 19.1 Å². The van der Waals surface area contributed by atoms with Crippen LogP contribution < -0.4 is 5.32 Å². The van der Waals surface area contributed by atoms with E-state index in [9.17, 15) is 14.4 Å². The Morgan fingerprint density at radius 1 is 0.860 bits per heavy atom. The minimum absolute atomic E-state index is 0.0144. The summed E-state index contributed by atoms with van der Waals surface area (Å²) in [5.41, 5.74) is 6.99. The van der Waals surface area contributed by atoms with Crippen LogP contribution in [0.15, 0.2) is 77.8 Å². The van der Waals surface area contributed by atoms with Crippen molar-refractivity contribution in [2.45, 2.75) is 43.8 Å². The Balaban J connectivity index is 1.01. The summed E-state index contributed by atoms with van der Waals surface area (Å²) in [6.07, 6.45) is 7.48. The molecule has 8 rings (SSSR count). The average Bonchev–Trinajstić information content (AvgIpc) is 4.00. The fourth-order valence-corrected chi connectivity index (χ4v) is 9.57. The number of imidazole rings is 2. The minimum Gasteiger partial charge on any atom is -0.453 e. The van der Waals surface area contributed by atoms with Gasteiger partial charge in [-0.3, -0.25) is 9.59 Å². The van der Waals surface area contributed by atoms with Crippen molar-refractivity contribution in [3.63, 3.8) is 0 Å². The van der Waals surface area contributed by atoms with E-state index < -0.39 is 12.1 Å². The lowest BCUT2D eigenvalue weighted by Crippen LogP contribution is -2.42. The van der Waals surface area contributed by atoms with Crippen LogP contribution >= 0.6 is 22.7 Å². The van der Waals surface area contributed by atoms with E-state index in [1.54, 1.807) is 22.7 Å². The maximum atomic E-state index is 13.9. The van der Waals surface area contributed by atoms with Gasteiger partial charge in [0.2, 0.25) is 6.41 Å². The first-order valence-corrected chi connectivity index (χ1v) is 18.4. The molecular weight excluding hydrogens is 671 g/mol. The molecule has 4 aromatic heterocycles. The molecule has 0 radical (unpaired) electrons. The number of amides is 3. The third kappa shape index (κ3) is 5.86. The fourth-order valence-electron chi connectivity index (χ4n) is 7.13. The molecule has 2 aromatic carbocycles. The lowest BCUT2D eigenvalue weighted by molar-refractivity contribution is -0.134. The number of likely N-dealkylation sites (tertiary alicyclic amines) is 2. The Morgan fingerprint density at radius 2 is 1.50 bits per heavy atom. The zero-order valence-corrected chi connectivity index (χ0v) is 28.9. The van der Waals surface area contributed by atoms with E-state index in [0.29, 0.717) is 12.1 Å². The molecule has 0 spiro atoms. The molecule has 0 bridgehead atoms. The van der Waals surface area contributed by atoms with Crippen LogP contribution in [0.4, 0.5) is 4.79 Å². The van der Waals surface area contributed by atoms with E-state index in [-0.39, 0.29) is 18.0 Å². The van der Waals surface area contributed by atoms with E-state index in [1.807, 2.05) is 52.5 Å². The molecule has 2 fully saturated rings. The number of ether oxygens (including phenoxy) is 1. The van der Waals surface area contributed by atoms with Crippen LogP contribution in [0.1, 0.15) is 61.0 Å². The summed E-state index contributed by atoms with van der Waals surface area (Å²) in [5, 5.41) is 7.09. The third-order valence-electron chi connectivity index (χ3n) is 9.70. The van der Waals surface area contributed by atoms with Gasteiger partial charge in [-0.15, -0.1) is 22.7 Å². The summed E-state index contributed by atoms with van der Waals surface area (Å²) in [6, 6.07) is 16.6. The topological polar surface area (TPSA) is 136 Å². The summed E-state index contributed by atoms with van der Waals surface area (Å²) in [5.74, 6) is 1.37. The Morgan fingerprint density at radius 3 is 2.26 bits per heavy atom. The third-order valence-corrected chi connectivity index (χ3v) is 11.9. The molecule has 13 heteroatoms. The van der Waals surface area contributed by atoms with Crippen LogP contribution in [0.2, 0.25) is 0 Å². The zero-order chi connectivity index (χ0) is 34.2. The highest BCUT2D eigenvalue weighted by atomic mass is 32.1. The van der Waals surface area contributed by atoms with Crippen LogP contribution in [0.5, 0.6) is 0 Å². The Labute approximate surface area is 296 Å². The smallest absolute Gasteiger partial charge is 0.407 e. The van der Waals surface area contributed by atoms with Gasteiger partial charge in [0.1, 0.15) is 17.7 Å². The first kappa shape index (κ1) is 32.0. The highest BCUT2D eigenvalue weighted by Gasteiger charge is 2.37. The van der Waals surface area contributed by atoms with Gasteiger partial charge in [-0.2, -0.15) is 0 Å². The van der Waals surface area contributed by atoms with E-state index in [2.05, 4.69) is 55.3 Å². The number of benzene rings is 2. The van der Waals surface area contributed by atoms with Gasteiger partial charge in [0.15, 0.2) is 0 Å². The first-order valence-electron chi connectivity index (χ1n) is 16.6. The number of methoxy groups -OCH3 is 1. The van der Waals surface area contributed by atoms with Crippen molar-refractivity contribution in [3.8, 4) is 33.6 Å². The Bertz CT molecular complexity index is 2150. The van der Waals surface area contributed by atoms with E-state index in [0.717, 1.165) is 78.4 Å². The minimum atomic E-state index is -0.864. The predicted molar refractivity (Wildman–Crippen MR) is 193 cm³/mol. The number of carbonyl (C=O) groups excluding carboxylic acids is 3. The number of nitrogens with one attached hydrogen (secondary N) is 3. The predicted octanol–water partition coefficient (Wildman–Crippen LogP) is 7.46. The van der Waals surface area contributed by atoms with Crippen molar-refractivity contribution in [2.24, 2.45) is 0 Å². The van der Waals surface area contributed by atoms with Crippen molar-refractivity contribution in [2.75, 3.05) is 20.2 Å². The zero-order valence-electron chi connectivity index (χ0n) is 27.3. The number of nitrogens with zero attached hydrogens (tertiary/aromatic N) is 4. The molecule has 3 atom stereocenters. The van der Waals surface area contributed by atoms with Gasteiger partial charge in [-0.25, -0.2) is 14.8 Å². The molecule has 2 aliphatic heterocycles. The number of aromatic amines is 2. The van der Waals surface area contributed by atoms with E-state index >= 15 is 0 Å². The number of hydrogen-bond acceptors (Lipinski definition) is 8. The van der Waals surface area contributed by atoms with Crippen molar-refractivity contribution in [1.82, 2.24) is 35.1 Å². The average molecular weight is 706 g/mol. The number of aromatic nitrogens is 4. The molecule has 254 valence electrons. The normalized spacial score (nSPS) is 18.1. The van der Waals surface area contributed by atoms with Crippen LogP contribution in [0.3, 0.4) is 0 Å². The lowest BCUT2D eigenvalue weighted by Gasteiger charge is -2.28. The highest BCUT2D eigenvalue weighted by Crippen LogP contribution is 2.44. The summed E-state index contributed by atoms with van der Waals surface area (Å²) >= 11 is 3.42. The standard InChI is InChI=1S/C37H35N7O4S2/c1-48-37(47)42-31(24-7-3-2-4-8-24)36(46)44-16-6-10-30(44)35-39-18-28(41-35)26-20-50-32-25(19-49-33(26)32)22-11-13-23(14-12-22)27-17-38-34(40-27)29-9-5-15-43(29)21-45/h2-4,7-8,11-14,17-21,29-31H,5-6,9-10,15-16H2,1H3,(H,38,40)(H,39,41)(H,42,47). The maximum absolute atomic E-state index is 13.9. The highest BCUT2D eigenvalue weighted by molar-refractivity contribution is 7.27. The number of rotatable bonds is 9. The molecule has 3 N–H and O–H groups in total. The van der Waals surface area contributed by atoms with Gasteiger partial charge in [-0.1, -0.05) is 54.6 Å². The SMILES string of the molecule is COC(=O)NC(C(=O)N1CCCC1c1ncc(-c2csc3c(-c4ccc(-c5cnc(C6CCCN6C=O)[nH]5)cc4)csc23)[nH]1)c1ccccc1. The van der Waals surface area contributed by atoms with Gasteiger partial charge >= 0.3 is 6.09 Å². The molecule has 3 unspecified atom stereocenters. The molecule has 2 saturated heterocycles. The van der Waals surface area contributed by atoms with Gasteiger partial charge in [0.05, 0.1) is 52.4 Å². The number of hydrogen-bond donors (Lipinski definition) is 3. The maximum Gasteiger partial charge on any atom is 0.407 e. The number of H-pyrrole nitrogens is 2. The summed E-state index contributed by atoms with van der Waals surface area (Å²) < 4.78 is 7.23. The lowest BCUT2D eigenvalue weighted by atomic mass is 10.0. The molecule has 11 nitrogen and oxygen atoms in total. The molecule has 50 heavy (non-hydrogen) atoms. The molecule has 2 aliphatic rings. The second-order valence-electron chi connectivity index (χ2n) is 12.6. The molecule has 6 aromatic rings. The van der Waals surface area contributed by atoms with E-state index in [1.165, 1.54) is 22.1 Å². The van der Waals surface area contributed by atoms with Gasteiger partial charge in [-0.05, 0) is 42.4 Å². The van der Waals surface area contributed by atoms with Crippen LogP contribution in [0, 0.1) is 0 Å². The second-order valence-corrected chi connectivity index (χ2v) is 14.3. The van der Waals surface area contributed by atoms with Crippen LogP contribution in [0.25, 0.3) is 43.0 Å². The van der Waals surface area contributed by atoms with Crippen LogP contribution in [-0.4, -0.2) is 68.3 Å². The molecule has 0 saturated carbocycles. The van der Waals surface area contributed by atoms with Crippen LogP contribution in [-0.2, 0) is 14.3 Å². The van der Waals surface area contributed by atoms with Crippen molar-refractivity contribution >= 4 is 50.5 Å². The van der Waals surface area contributed by atoms with Crippen molar-refractivity contribution in [1.29, 1.82) is 0 Å². The van der Waals surface area contributed by atoms with Gasteiger partial charge in [0, 0.05) is 35.0 Å². The Hall–Kier alpha value is -5.27. The summed E-state index contributed by atoms with van der Waals surface area (Å²) in [7, 11) is 1.29. The monoisotopic (exact) mass is 705 g/mol. The number of fused-ring (bicyclic) bond motifs is 1. The number of alkyl carbamates (subject to hydrolysis) is 1. The van der Waals surface area contributed by atoms with Gasteiger partial charge < -0.3 is 29.8 Å². The quantitative estimate of drug-likeness (QED) is 0.134. The number of carbonyl (C=O) groups is 3. The number of thiophene rings is 2.